The molecule has 92 valence electrons. The molecule has 4 heteroatoms. The summed E-state index contributed by atoms with van der Waals surface area (Å²) in [5.41, 5.74) is 1.51. The molecule has 0 spiro atoms. The third kappa shape index (κ3) is 4.36. The van der Waals surface area contributed by atoms with Crippen molar-refractivity contribution in [1.82, 2.24) is 10.3 Å². The Balaban J connectivity index is 2.41. The number of esters is 1. The summed E-state index contributed by atoms with van der Waals surface area (Å²) in [5, 5.41) is 3.20. The van der Waals surface area contributed by atoms with Gasteiger partial charge >= 0.3 is 5.97 Å². The van der Waals surface area contributed by atoms with E-state index in [2.05, 4.69) is 16.9 Å². The molecule has 17 heavy (non-hydrogen) atoms. The number of aromatic nitrogens is 1. The molecule has 1 rings (SSSR count). The number of hydrogen-bond donors (Lipinski definition) is 1. The molecule has 0 aromatic carbocycles. The van der Waals surface area contributed by atoms with Crippen LogP contribution < -0.4 is 5.32 Å². The smallest absolute Gasteiger partial charge is 0.334 e. The largest absolute Gasteiger partial charge is 0.463 e. The summed E-state index contributed by atoms with van der Waals surface area (Å²) in [7, 11) is 0. The van der Waals surface area contributed by atoms with Crippen molar-refractivity contribution in [2.75, 3.05) is 13.2 Å². The molecule has 4 nitrogen and oxygen atoms in total. The van der Waals surface area contributed by atoms with Gasteiger partial charge in [0.05, 0.1) is 6.61 Å². The summed E-state index contributed by atoms with van der Waals surface area (Å²) in [4.78, 5) is 15.4. The summed E-state index contributed by atoms with van der Waals surface area (Å²) in [5.74, 6) is -0.349. The fourth-order valence-electron chi connectivity index (χ4n) is 1.33. The minimum Gasteiger partial charge on any atom is -0.463 e. The van der Waals surface area contributed by atoms with E-state index in [4.69, 9.17) is 4.74 Å². The van der Waals surface area contributed by atoms with E-state index in [1.165, 1.54) is 0 Å². The highest BCUT2D eigenvalue weighted by molar-refractivity contribution is 5.88. The standard InChI is InChI=1S/C13H18N2O2/c1-4-17-13(16)10(2)8-15-11(3)12-6-5-7-14-9-12/h5-7,9,11,15H,2,4,8H2,1,3H3. The molecule has 0 aliphatic heterocycles. The Labute approximate surface area is 102 Å². The molecule has 0 bridgehead atoms. The normalized spacial score (nSPS) is 11.9. The van der Waals surface area contributed by atoms with Gasteiger partial charge in [-0.05, 0) is 25.5 Å². The third-order valence-electron chi connectivity index (χ3n) is 2.37. The van der Waals surface area contributed by atoms with Gasteiger partial charge in [0.25, 0.3) is 0 Å². The summed E-state index contributed by atoms with van der Waals surface area (Å²) in [6.07, 6.45) is 3.53. The monoisotopic (exact) mass is 234 g/mol. The number of carbonyl (C=O) groups excluding carboxylic acids is 1. The van der Waals surface area contributed by atoms with Crippen LogP contribution >= 0.6 is 0 Å². The van der Waals surface area contributed by atoms with Crippen LogP contribution in [0.4, 0.5) is 0 Å². The second-order valence-corrected chi connectivity index (χ2v) is 3.71. The summed E-state index contributed by atoms with van der Waals surface area (Å²) in [6, 6.07) is 3.99. The first kappa shape index (κ1) is 13.4. The minimum atomic E-state index is -0.349. The molecular weight excluding hydrogens is 216 g/mol. The van der Waals surface area contributed by atoms with Gasteiger partial charge in [0, 0.05) is 30.6 Å². The van der Waals surface area contributed by atoms with Crippen molar-refractivity contribution in [3.8, 4) is 0 Å². The predicted octanol–water partition coefficient (Wildman–Crippen LogP) is 1.85. The maximum atomic E-state index is 11.3. The lowest BCUT2D eigenvalue weighted by Crippen LogP contribution is -2.24. The first-order valence-electron chi connectivity index (χ1n) is 5.63. The van der Waals surface area contributed by atoms with Crippen molar-refractivity contribution < 1.29 is 9.53 Å². The van der Waals surface area contributed by atoms with Gasteiger partial charge in [-0.15, -0.1) is 0 Å². The molecule has 0 saturated heterocycles. The Morgan fingerprint density at radius 2 is 2.41 bits per heavy atom. The van der Waals surface area contributed by atoms with Crippen LogP contribution in [0.15, 0.2) is 36.7 Å². The van der Waals surface area contributed by atoms with E-state index in [1.54, 1.807) is 19.3 Å². The van der Waals surface area contributed by atoms with Gasteiger partial charge in [-0.3, -0.25) is 4.98 Å². The molecule has 0 saturated carbocycles. The van der Waals surface area contributed by atoms with E-state index in [9.17, 15) is 4.79 Å². The van der Waals surface area contributed by atoms with Crippen LogP contribution in [0, 0.1) is 0 Å². The van der Waals surface area contributed by atoms with E-state index in [0.29, 0.717) is 18.7 Å². The second kappa shape index (κ2) is 6.81. The van der Waals surface area contributed by atoms with Crippen molar-refractivity contribution in [2.24, 2.45) is 0 Å². The van der Waals surface area contributed by atoms with Gasteiger partial charge in [0.15, 0.2) is 0 Å². The molecule has 1 heterocycles. The molecule has 0 aliphatic carbocycles. The zero-order valence-corrected chi connectivity index (χ0v) is 10.3. The average molecular weight is 234 g/mol. The van der Waals surface area contributed by atoms with Crippen molar-refractivity contribution in [2.45, 2.75) is 19.9 Å². The fraction of sp³-hybridized carbons (Fsp3) is 0.385. The third-order valence-corrected chi connectivity index (χ3v) is 2.37. The number of nitrogens with zero attached hydrogens (tertiary/aromatic N) is 1. The number of ether oxygens (including phenoxy) is 1. The lowest BCUT2D eigenvalue weighted by atomic mass is 10.1. The maximum Gasteiger partial charge on any atom is 0.334 e. The zero-order chi connectivity index (χ0) is 12.7. The number of hydrogen-bond acceptors (Lipinski definition) is 4. The summed E-state index contributed by atoms with van der Waals surface area (Å²) in [6.45, 7) is 8.25. The quantitative estimate of drug-likeness (QED) is 0.603. The van der Waals surface area contributed by atoms with E-state index in [1.807, 2.05) is 19.1 Å². The predicted molar refractivity (Wildman–Crippen MR) is 66.4 cm³/mol. The molecule has 1 N–H and O–H groups in total. The van der Waals surface area contributed by atoms with Crippen LogP contribution in [-0.4, -0.2) is 24.1 Å². The van der Waals surface area contributed by atoms with E-state index in [-0.39, 0.29) is 12.0 Å². The summed E-state index contributed by atoms with van der Waals surface area (Å²) >= 11 is 0. The number of carbonyl (C=O) groups is 1. The Morgan fingerprint density at radius 1 is 1.65 bits per heavy atom. The van der Waals surface area contributed by atoms with Crippen LogP contribution in [0.3, 0.4) is 0 Å². The highest BCUT2D eigenvalue weighted by atomic mass is 16.5. The van der Waals surface area contributed by atoms with Gasteiger partial charge in [-0.25, -0.2) is 4.79 Å². The topological polar surface area (TPSA) is 51.2 Å². The lowest BCUT2D eigenvalue weighted by Gasteiger charge is -2.14. The minimum absolute atomic E-state index is 0.120. The van der Waals surface area contributed by atoms with Crippen molar-refractivity contribution in [3.63, 3.8) is 0 Å². The van der Waals surface area contributed by atoms with Crippen molar-refractivity contribution in [3.05, 3.63) is 42.2 Å². The summed E-state index contributed by atoms with van der Waals surface area (Å²) < 4.78 is 4.85. The second-order valence-electron chi connectivity index (χ2n) is 3.71. The molecule has 1 aromatic rings. The van der Waals surface area contributed by atoms with Gasteiger partial charge in [-0.1, -0.05) is 12.6 Å². The number of rotatable bonds is 6. The van der Waals surface area contributed by atoms with Crippen molar-refractivity contribution in [1.29, 1.82) is 0 Å². The SMILES string of the molecule is C=C(CNC(C)c1cccnc1)C(=O)OCC. The Kier molecular flexibility index (Phi) is 5.36. The van der Waals surface area contributed by atoms with Crippen LogP contribution in [0.5, 0.6) is 0 Å². The lowest BCUT2D eigenvalue weighted by molar-refractivity contribution is -0.138. The molecule has 1 atom stereocenters. The molecular formula is C13H18N2O2. The van der Waals surface area contributed by atoms with E-state index >= 15 is 0 Å². The molecule has 0 fully saturated rings. The van der Waals surface area contributed by atoms with E-state index in [0.717, 1.165) is 5.56 Å². The highest BCUT2D eigenvalue weighted by Crippen LogP contribution is 2.09. The van der Waals surface area contributed by atoms with E-state index < -0.39 is 0 Å². The molecule has 1 aromatic heterocycles. The molecule has 0 amide bonds. The Morgan fingerprint density at radius 3 is 3.00 bits per heavy atom. The van der Waals surface area contributed by atoms with Crippen LogP contribution in [0.2, 0.25) is 0 Å². The fourth-order valence-corrected chi connectivity index (χ4v) is 1.33. The maximum absolute atomic E-state index is 11.3. The number of pyridine rings is 1. The average Bonchev–Trinajstić information content (AvgIpc) is 2.36. The Hall–Kier alpha value is -1.68. The first-order valence-corrected chi connectivity index (χ1v) is 5.63. The van der Waals surface area contributed by atoms with Crippen LogP contribution in [-0.2, 0) is 9.53 Å². The van der Waals surface area contributed by atoms with Crippen LogP contribution in [0.1, 0.15) is 25.5 Å². The van der Waals surface area contributed by atoms with Gasteiger partial charge in [-0.2, -0.15) is 0 Å². The Bertz CT molecular complexity index is 376. The molecule has 0 aliphatic rings. The van der Waals surface area contributed by atoms with Gasteiger partial charge in [0.1, 0.15) is 0 Å². The first-order chi connectivity index (χ1) is 8.15. The number of nitrogens with one attached hydrogen (secondary N) is 1. The molecule has 1 unspecified atom stereocenters. The highest BCUT2D eigenvalue weighted by Gasteiger charge is 2.10. The van der Waals surface area contributed by atoms with Crippen LogP contribution in [0.25, 0.3) is 0 Å². The van der Waals surface area contributed by atoms with Gasteiger partial charge in [0.2, 0.25) is 0 Å². The molecule has 0 radical (unpaired) electrons. The van der Waals surface area contributed by atoms with Gasteiger partial charge < -0.3 is 10.1 Å². The van der Waals surface area contributed by atoms with Crippen molar-refractivity contribution >= 4 is 5.97 Å². The zero-order valence-electron chi connectivity index (χ0n) is 10.3.